The van der Waals surface area contributed by atoms with E-state index in [1.54, 1.807) is 0 Å². The van der Waals surface area contributed by atoms with Gasteiger partial charge in [-0.2, -0.15) is 0 Å². The van der Waals surface area contributed by atoms with Gasteiger partial charge in [0.1, 0.15) is 5.82 Å². The molecule has 0 aliphatic carbocycles. The molecule has 0 atom stereocenters. The van der Waals surface area contributed by atoms with Gasteiger partial charge in [0.05, 0.1) is 5.56 Å². The molecule has 0 bridgehead atoms. The summed E-state index contributed by atoms with van der Waals surface area (Å²) in [5.41, 5.74) is 10.1. The minimum absolute atomic E-state index is 0.0749. The number of esters is 1. The van der Waals surface area contributed by atoms with Gasteiger partial charge in [-0.3, -0.25) is 4.79 Å². The van der Waals surface area contributed by atoms with Crippen LogP contribution in [0.25, 0.3) is 0 Å². The number of rotatable bonds is 3. The van der Waals surface area contributed by atoms with E-state index in [4.69, 9.17) is 11.5 Å². The summed E-state index contributed by atoms with van der Waals surface area (Å²) in [6.07, 6.45) is 0. The molecule has 0 aliphatic heterocycles. The molecule has 0 radical (unpaired) electrons. The van der Waals surface area contributed by atoms with Crippen LogP contribution in [0.15, 0.2) is 18.2 Å². The molecule has 6 heteroatoms. The number of carbonyl (C=O) groups excluding carboxylic acids is 2. The van der Waals surface area contributed by atoms with Crippen LogP contribution in [0.1, 0.15) is 10.4 Å². The van der Waals surface area contributed by atoms with Crippen LogP contribution >= 0.6 is 0 Å². The molecule has 0 heterocycles. The van der Waals surface area contributed by atoms with E-state index in [9.17, 15) is 14.0 Å². The van der Waals surface area contributed by atoms with Gasteiger partial charge in [0.15, 0.2) is 6.61 Å². The molecular formula is C9H9FN2O3. The summed E-state index contributed by atoms with van der Waals surface area (Å²) in [5.74, 6) is -2.29. The van der Waals surface area contributed by atoms with E-state index in [2.05, 4.69) is 4.74 Å². The largest absolute Gasteiger partial charge is 0.452 e. The molecular weight excluding hydrogens is 203 g/mol. The summed E-state index contributed by atoms with van der Waals surface area (Å²) >= 11 is 0. The smallest absolute Gasteiger partial charge is 0.340 e. The number of amides is 1. The Kier molecular flexibility index (Phi) is 3.22. The first-order chi connectivity index (χ1) is 7.00. The predicted octanol–water partition coefficient (Wildman–Crippen LogP) is 0.0500. The van der Waals surface area contributed by atoms with Crippen LogP contribution in [0.2, 0.25) is 0 Å². The van der Waals surface area contributed by atoms with Gasteiger partial charge in [0.2, 0.25) is 0 Å². The molecule has 15 heavy (non-hydrogen) atoms. The molecule has 0 saturated carbocycles. The zero-order valence-corrected chi connectivity index (χ0v) is 7.70. The van der Waals surface area contributed by atoms with Crippen molar-refractivity contribution in [2.45, 2.75) is 0 Å². The molecule has 80 valence electrons. The average Bonchev–Trinajstić information content (AvgIpc) is 2.18. The first kappa shape index (κ1) is 11.0. The highest BCUT2D eigenvalue weighted by Gasteiger charge is 2.12. The van der Waals surface area contributed by atoms with Gasteiger partial charge in [-0.1, -0.05) is 0 Å². The molecule has 0 aromatic heterocycles. The molecule has 0 spiro atoms. The Balaban J connectivity index is 2.81. The van der Waals surface area contributed by atoms with Crippen molar-refractivity contribution < 1.29 is 18.7 Å². The van der Waals surface area contributed by atoms with Crippen molar-refractivity contribution in [1.82, 2.24) is 0 Å². The summed E-state index contributed by atoms with van der Waals surface area (Å²) in [5, 5.41) is 0. The van der Waals surface area contributed by atoms with Crippen molar-refractivity contribution in [2.24, 2.45) is 5.73 Å². The summed E-state index contributed by atoms with van der Waals surface area (Å²) in [7, 11) is 0. The minimum atomic E-state index is -0.884. The fourth-order valence-electron chi connectivity index (χ4n) is 0.920. The maximum Gasteiger partial charge on any atom is 0.340 e. The predicted molar refractivity (Wildman–Crippen MR) is 50.3 cm³/mol. The number of primary amides is 1. The Morgan fingerprint density at radius 3 is 2.67 bits per heavy atom. The molecule has 1 aromatic carbocycles. The number of ether oxygens (including phenoxy) is 1. The summed E-state index contributed by atoms with van der Waals surface area (Å²) in [6, 6.07) is 3.27. The fraction of sp³-hybridized carbons (Fsp3) is 0.111. The Bertz CT molecular complexity index is 406. The average molecular weight is 212 g/mol. The van der Waals surface area contributed by atoms with Crippen LogP contribution in [0.4, 0.5) is 10.1 Å². The molecule has 0 saturated heterocycles. The lowest BCUT2D eigenvalue weighted by Crippen LogP contribution is -2.21. The van der Waals surface area contributed by atoms with E-state index in [0.29, 0.717) is 0 Å². The molecule has 1 amide bonds. The van der Waals surface area contributed by atoms with Gasteiger partial charge in [-0.25, -0.2) is 9.18 Å². The number of hydrogen-bond donors (Lipinski definition) is 2. The Morgan fingerprint density at radius 2 is 2.07 bits per heavy atom. The Morgan fingerprint density at radius 1 is 1.40 bits per heavy atom. The molecule has 0 unspecified atom stereocenters. The van der Waals surface area contributed by atoms with Gasteiger partial charge in [0.25, 0.3) is 5.91 Å². The molecule has 1 rings (SSSR count). The quantitative estimate of drug-likeness (QED) is 0.546. The maximum atomic E-state index is 12.8. The first-order valence-electron chi connectivity index (χ1n) is 4.01. The van der Waals surface area contributed by atoms with Crippen LogP contribution < -0.4 is 11.5 Å². The number of benzene rings is 1. The second kappa shape index (κ2) is 4.41. The van der Waals surface area contributed by atoms with Gasteiger partial charge in [-0.15, -0.1) is 0 Å². The number of nitrogens with two attached hydrogens (primary N) is 2. The van der Waals surface area contributed by atoms with Crippen molar-refractivity contribution in [3.63, 3.8) is 0 Å². The third kappa shape index (κ3) is 2.94. The van der Waals surface area contributed by atoms with Gasteiger partial charge in [0, 0.05) is 5.69 Å². The second-order valence-electron chi connectivity index (χ2n) is 2.77. The molecule has 0 aliphatic rings. The number of nitrogen functional groups attached to an aromatic ring is 1. The van der Waals surface area contributed by atoms with E-state index >= 15 is 0 Å². The van der Waals surface area contributed by atoms with Crippen LogP contribution in [-0.4, -0.2) is 18.5 Å². The van der Waals surface area contributed by atoms with E-state index in [1.165, 1.54) is 6.07 Å². The summed E-state index contributed by atoms with van der Waals surface area (Å²) in [4.78, 5) is 21.6. The topological polar surface area (TPSA) is 95.4 Å². The third-order valence-electron chi connectivity index (χ3n) is 1.58. The van der Waals surface area contributed by atoms with Crippen molar-refractivity contribution in [2.75, 3.05) is 12.3 Å². The van der Waals surface area contributed by atoms with E-state index in [1.807, 2.05) is 0 Å². The van der Waals surface area contributed by atoms with Crippen LogP contribution in [-0.2, 0) is 9.53 Å². The highest BCUT2D eigenvalue weighted by Crippen LogP contribution is 2.14. The van der Waals surface area contributed by atoms with Crippen molar-refractivity contribution >= 4 is 17.6 Å². The van der Waals surface area contributed by atoms with Gasteiger partial charge >= 0.3 is 5.97 Å². The van der Waals surface area contributed by atoms with Gasteiger partial charge < -0.3 is 16.2 Å². The second-order valence-corrected chi connectivity index (χ2v) is 2.77. The zero-order chi connectivity index (χ0) is 11.4. The van der Waals surface area contributed by atoms with E-state index in [0.717, 1.165) is 12.1 Å². The van der Waals surface area contributed by atoms with Gasteiger partial charge in [-0.05, 0) is 18.2 Å². The normalized spacial score (nSPS) is 9.67. The van der Waals surface area contributed by atoms with E-state index in [-0.39, 0.29) is 11.3 Å². The van der Waals surface area contributed by atoms with Crippen LogP contribution in [0.3, 0.4) is 0 Å². The highest BCUT2D eigenvalue weighted by molar-refractivity contribution is 5.96. The number of halogens is 1. The van der Waals surface area contributed by atoms with Crippen molar-refractivity contribution in [3.05, 3.63) is 29.6 Å². The molecule has 5 nitrogen and oxygen atoms in total. The lowest BCUT2D eigenvalue weighted by Gasteiger charge is -2.04. The lowest BCUT2D eigenvalue weighted by atomic mass is 10.2. The van der Waals surface area contributed by atoms with Crippen LogP contribution in [0, 0.1) is 5.82 Å². The van der Waals surface area contributed by atoms with Crippen molar-refractivity contribution in [3.8, 4) is 0 Å². The highest BCUT2D eigenvalue weighted by atomic mass is 19.1. The summed E-state index contributed by atoms with van der Waals surface area (Å²) < 4.78 is 17.2. The Labute approximate surface area is 84.8 Å². The van der Waals surface area contributed by atoms with Crippen LogP contribution in [0.5, 0.6) is 0 Å². The summed E-state index contributed by atoms with van der Waals surface area (Å²) in [6.45, 7) is -0.561. The monoisotopic (exact) mass is 212 g/mol. The van der Waals surface area contributed by atoms with Crippen molar-refractivity contribution in [1.29, 1.82) is 0 Å². The van der Waals surface area contributed by atoms with E-state index < -0.39 is 24.3 Å². The molecule has 4 N–H and O–H groups in total. The molecule has 1 aromatic rings. The lowest BCUT2D eigenvalue weighted by molar-refractivity contribution is -0.121. The SMILES string of the molecule is NC(=O)COC(=O)c1cc(F)ccc1N. The first-order valence-corrected chi connectivity index (χ1v) is 4.01. The number of carbonyl (C=O) groups is 2. The molecule has 0 fully saturated rings. The Hall–Kier alpha value is -2.11. The zero-order valence-electron chi connectivity index (χ0n) is 7.70. The minimum Gasteiger partial charge on any atom is -0.452 e. The number of hydrogen-bond acceptors (Lipinski definition) is 4. The fourth-order valence-corrected chi connectivity index (χ4v) is 0.920. The maximum absolute atomic E-state index is 12.8. The standard InChI is InChI=1S/C9H9FN2O3/c10-5-1-2-7(11)6(3-5)9(14)15-4-8(12)13/h1-3H,4,11H2,(H2,12,13). The third-order valence-corrected chi connectivity index (χ3v) is 1.58. The number of anilines is 1.